The quantitative estimate of drug-likeness (QED) is 0.490. The molecule has 0 aliphatic heterocycles. The number of pyridine rings is 2. The van der Waals surface area contributed by atoms with E-state index in [4.69, 9.17) is 16.3 Å². The van der Waals surface area contributed by atoms with Gasteiger partial charge in [-0.3, -0.25) is 15.1 Å². The van der Waals surface area contributed by atoms with Crippen molar-refractivity contribution in [1.29, 1.82) is 0 Å². The van der Waals surface area contributed by atoms with Gasteiger partial charge >= 0.3 is 6.09 Å². The van der Waals surface area contributed by atoms with Crippen LogP contribution in [0.5, 0.6) is 0 Å². The lowest BCUT2D eigenvalue weighted by Gasteiger charge is -2.42. The van der Waals surface area contributed by atoms with E-state index in [0.717, 1.165) is 12.8 Å². The molecule has 34 heavy (non-hydrogen) atoms. The van der Waals surface area contributed by atoms with E-state index in [1.54, 1.807) is 50.6 Å². The number of anilines is 2. The number of nitrogens with zero attached hydrogens (tertiary/aromatic N) is 5. The van der Waals surface area contributed by atoms with Crippen molar-refractivity contribution in [1.82, 2.24) is 25.0 Å². The maximum absolute atomic E-state index is 12.6. The highest BCUT2D eigenvalue weighted by Crippen LogP contribution is 2.45. The van der Waals surface area contributed by atoms with Crippen LogP contribution in [0.15, 0.2) is 36.7 Å². The third kappa shape index (κ3) is 4.86. The number of carbonyl (C=O) groups is 2. The average Bonchev–Trinajstić information content (AvgIpc) is 3.13. The molecule has 10 nitrogen and oxygen atoms in total. The number of ether oxygens (including phenoxy) is 1. The van der Waals surface area contributed by atoms with E-state index >= 15 is 0 Å². The Hall–Kier alpha value is -3.53. The molecule has 2 amide bonds. The summed E-state index contributed by atoms with van der Waals surface area (Å²) in [5.74, 6) is 0.872. The van der Waals surface area contributed by atoms with E-state index in [-0.39, 0.29) is 16.5 Å². The van der Waals surface area contributed by atoms with Crippen molar-refractivity contribution in [2.24, 2.45) is 18.4 Å². The fourth-order valence-electron chi connectivity index (χ4n) is 4.28. The predicted molar refractivity (Wildman–Crippen MR) is 127 cm³/mol. The smallest absolute Gasteiger partial charge is 0.413 e. The fraction of sp³-hybridized carbons (Fsp3) is 0.391. The van der Waals surface area contributed by atoms with Crippen LogP contribution in [0.4, 0.5) is 16.3 Å². The van der Waals surface area contributed by atoms with Gasteiger partial charge in [0.25, 0.3) is 0 Å². The summed E-state index contributed by atoms with van der Waals surface area (Å²) >= 11 is 6.08. The molecule has 1 aliphatic rings. The molecule has 11 heteroatoms. The predicted octanol–water partition coefficient (Wildman–Crippen LogP) is 4.61. The molecule has 1 fully saturated rings. The molecular formula is C23H26ClN7O3. The first kappa shape index (κ1) is 23.6. The molecule has 0 spiro atoms. The Morgan fingerprint density at radius 1 is 1.24 bits per heavy atom. The van der Waals surface area contributed by atoms with Crippen molar-refractivity contribution in [2.75, 3.05) is 10.6 Å². The molecule has 1 aliphatic carbocycles. The minimum atomic E-state index is -0.703. The van der Waals surface area contributed by atoms with Crippen molar-refractivity contribution in [3.63, 3.8) is 0 Å². The van der Waals surface area contributed by atoms with Crippen LogP contribution in [0, 0.1) is 11.3 Å². The van der Waals surface area contributed by atoms with Gasteiger partial charge in [-0.2, -0.15) is 0 Å². The first-order valence-corrected chi connectivity index (χ1v) is 11.3. The van der Waals surface area contributed by atoms with E-state index in [1.807, 2.05) is 6.92 Å². The number of nitrogens with one attached hydrogen (secondary N) is 2. The van der Waals surface area contributed by atoms with Gasteiger partial charge in [0.05, 0.1) is 17.6 Å². The van der Waals surface area contributed by atoms with E-state index < -0.39 is 12.2 Å². The van der Waals surface area contributed by atoms with Gasteiger partial charge < -0.3 is 10.1 Å². The molecule has 1 saturated carbocycles. The van der Waals surface area contributed by atoms with E-state index in [2.05, 4.69) is 37.8 Å². The van der Waals surface area contributed by atoms with E-state index in [0.29, 0.717) is 34.4 Å². The molecule has 0 unspecified atom stereocenters. The van der Waals surface area contributed by atoms with Gasteiger partial charge in [-0.05, 0) is 43.9 Å². The molecule has 3 aromatic rings. The number of halogens is 1. The molecule has 1 atom stereocenters. The fourth-order valence-corrected chi connectivity index (χ4v) is 4.55. The maximum Gasteiger partial charge on any atom is 0.413 e. The van der Waals surface area contributed by atoms with Crippen LogP contribution >= 0.6 is 11.6 Å². The Bertz CT molecular complexity index is 1210. The standard InChI is InChI=1S/C23H26ClN7O3/c1-13-10-23(3,11-13)21(32)27-15-7-8-17(26-12-15)18-20(31(4)30-29-18)28-22(33)34-14(2)16-6-5-9-25-19(16)24/h5-9,12-14H,10-11H2,1-4H3,(H,27,32)(H,28,33)/t13-,14-,23+/m1/s1. The normalized spacial score (nSPS) is 20.2. The largest absolute Gasteiger partial charge is 0.441 e. The molecule has 0 radical (unpaired) electrons. The van der Waals surface area contributed by atoms with Crippen molar-refractivity contribution in [2.45, 2.75) is 39.7 Å². The van der Waals surface area contributed by atoms with Crippen LogP contribution in [0.2, 0.25) is 5.15 Å². The molecule has 3 heterocycles. The summed E-state index contributed by atoms with van der Waals surface area (Å²) in [6.07, 6.45) is 3.55. The Balaban J connectivity index is 1.43. The maximum atomic E-state index is 12.6. The topological polar surface area (TPSA) is 124 Å². The van der Waals surface area contributed by atoms with Crippen LogP contribution in [-0.2, 0) is 16.6 Å². The monoisotopic (exact) mass is 483 g/mol. The van der Waals surface area contributed by atoms with Gasteiger partial charge in [0.15, 0.2) is 11.5 Å². The summed E-state index contributed by atoms with van der Waals surface area (Å²) < 4.78 is 6.85. The SMILES string of the molecule is C[C@@H](OC(=O)Nc1c(-c2ccc(NC(=O)[C@]3(C)C[C@H](C)C3)cn2)nnn1C)c1cccnc1Cl. The number of rotatable bonds is 6. The number of carbonyl (C=O) groups excluding carboxylic acids is 2. The number of hydrogen-bond acceptors (Lipinski definition) is 7. The zero-order valence-electron chi connectivity index (χ0n) is 19.4. The summed E-state index contributed by atoms with van der Waals surface area (Å²) in [5.41, 5.74) is 1.69. The van der Waals surface area contributed by atoms with Crippen LogP contribution in [0.25, 0.3) is 11.4 Å². The molecule has 178 valence electrons. The number of hydrogen-bond donors (Lipinski definition) is 2. The third-order valence-electron chi connectivity index (χ3n) is 5.97. The molecule has 3 aromatic heterocycles. The molecular weight excluding hydrogens is 458 g/mol. The molecule has 4 rings (SSSR count). The minimum Gasteiger partial charge on any atom is -0.441 e. The highest BCUT2D eigenvalue weighted by atomic mass is 35.5. The lowest BCUT2D eigenvalue weighted by atomic mass is 9.63. The summed E-state index contributed by atoms with van der Waals surface area (Å²) in [7, 11) is 1.64. The average molecular weight is 484 g/mol. The Morgan fingerprint density at radius 3 is 2.65 bits per heavy atom. The van der Waals surface area contributed by atoms with Gasteiger partial charge in [0.2, 0.25) is 5.91 Å². The first-order valence-electron chi connectivity index (χ1n) is 10.9. The second kappa shape index (κ2) is 9.38. The highest BCUT2D eigenvalue weighted by Gasteiger charge is 2.43. The Labute approximate surface area is 202 Å². The van der Waals surface area contributed by atoms with Crippen LogP contribution in [0.1, 0.15) is 45.3 Å². The Morgan fingerprint density at radius 2 is 2.00 bits per heavy atom. The zero-order chi connectivity index (χ0) is 24.5. The third-order valence-corrected chi connectivity index (χ3v) is 6.28. The van der Waals surface area contributed by atoms with Gasteiger partial charge in [0, 0.05) is 24.2 Å². The van der Waals surface area contributed by atoms with Gasteiger partial charge in [-0.1, -0.05) is 36.7 Å². The van der Waals surface area contributed by atoms with Gasteiger partial charge in [0.1, 0.15) is 11.3 Å². The van der Waals surface area contributed by atoms with Crippen molar-refractivity contribution >= 4 is 35.1 Å². The zero-order valence-corrected chi connectivity index (χ0v) is 20.1. The molecule has 0 bridgehead atoms. The molecule has 2 N–H and O–H groups in total. The lowest BCUT2D eigenvalue weighted by molar-refractivity contribution is -0.131. The van der Waals surface area contributed by atoms with E-state index in [1.165, 1.54) is 4.68 Å². The summed E-state index contributed by atoms with van der Waals surface area (Å²) in [4.78, 5) is 33.5. The number of aromatic nitrogens is 5. The van der Waals surface area contributed by atoms with E-state index in [9.17, 15) is 9.59 Å². The number of amides is 2. The van der Waals surface area contributed by atoms with Crippen LogP contribution < -0.4 is 10.6 Å². The highest BCUT2D eigenvalue weighted by molar-refractivity contribution is 6.30. The van der Waals surface area contributed by atoms with Crippen LogP contribution in [0.3, 0.4) is 0 Å². The van der Waals surface area contributed by atoms with Crippen molar-refractivity contribution in [3.05, 3.63) is 47.4 Å². The second-order valence-corrected chi connectivity index (χ2v) is 9.28. The van der Waals surface area contributed by atoms with Crippen molar-refractivity contribution in [3.8, 4) is 11.4 Å². The summed E-state index contributed by atoms with van der Waals surface area (Å²) in [6.45, 7) is 5.82. The van der Waals surface area contributed by atoms with Crippen LogP contribution in [-0.4, -0.2) is 37.0 Å². The second-order valence-electron chi connectivity index (χ2n) is 8.93. The van der Waals surface area contributed by atoms with Gasteiger partial charge in [-0.25, -0.2) is 14.5 Å². The summed E-state index contributed by atoms with van der Waals surface area (Å²) in [6, 6.07) is 6.91. The Kier molecular flexibility index (Phi) is 6.52. The minimum absolute atomic E-state index is 0.00686. The lowest BCUT2D eigenvalue weighted by Crippen LogP contribution is -2.43. The molecule has 0 saturated heterocycles. The van der Waals surface area contributed by atoms with Crippen molar-refractivity contribution < 1.29 is 14.3 Å². The number of aryl methyl sites for hydroxylation is 1. The molecule has 0 aromatic carbocycles. The van der Waals surface area contributed by atoms with Gasteiger partial charge in [-0.15, -0.1) is 5.10 Å². The summed E-state index contributed by atoms with van der Waals surface area (Å²) in [5, 5.41) is 14.0. The first-order chi connectivity index (χ1) is 16.2.